The van der Waals surface area contributed by atoms with Crippen LogP contribution in [0.2, 0.25) is 5.02 Å². The maximum absolute atomic E-state index is 12.4. The van der Waals surface area contributed by atoms with Gasteiger partial charge in [0.05, 0.1) is 11.8 Å². The molecule has 6 heteroatoms. The van der Waals surface area contributed by atoms with Gasteiger partial charge in [0.1, 0.15) is 5.75 Å². The summed E-state index contributed by atoms with van der Waals surface area (Å²) in [6, 6.07) is 19.0. The van der Waals surface area contributed by atoms with Gasteiger partial charge in [0.15, 0.2) is 0 Å². The summed E-state index contributed by atoms with van der Waals surface area (Å²) in [7, 11) is 0. The quantitative estimate of drug-likeness (QED) is 0.282. The lowest BCUT2D eigenvalue weighted by Gasteiger charge is -2.08. The van der Waals surface area contributed by atoms with Crippen LogP contribution in [-0.4, -0.2) is 18.1 Å². The van der Waals surface area contributed by atoms with Crippen LogP contribution in [0.5, 0.6) is 5.75 Å². The molecule has 1 N–H and O–H groups in total. The predicted octanol–water partition coefficient (Wildman–Crippen LogP) is 4.94. The molecule has 0 unspecified atom stereocenters. The van der Waals surface area contributed by atoms with Crippen molar-refractivity contribution in [1.29, 1.82) is 0 Å². The van der Waals surface area contributed by atoms with Gasteiger partial charge in [0.2, 0.25) is 0 Å². The maximum atomic E-state index is 12.4. The van der Waals surface area contributed by atoms with Crippen LogP contribution in [0.15, 0.2) is 71.8 Å². The smallest absolute Gasteiger partial charge is 0.343 e. The molecule has 1 amide bonds. The van der Waals surface area contributed by atoms with Gasteiger partial charge < -0.3 is 4.74 Å². The monoisotopic (exact) mass is 406 g/mol. The Balaban J connectivity index is 1.73. The fourth-order valence-corrected chi connectivity index (χ4v) is 2.67. The van der Waals surface area contributed by atoms with Crippen LogP contribution < -0.4 is 10.2 Å². The average Bonchev–Trinajstić information content (AvgIpc) is 2.70. The van der Waals surface area contributed by atoms with Crippen LogP contribution in [0.1, 0.15) is 37.4 Å². The lowest BCUT2D eigenvalue weighted by Crippen LogP contribution is -2.17. The molecule has 0 atom stereocenters. The third kappa shape index (κ3) is 5.53. The molecule has 0 radical (unpaired) electrons. The molecule has 3 aromatic rings. The van der Waals surface area contributed by atoms with Crippen molar-refractivity contribution in [2.45, 2.75) is 13.8 Å². The van der Waals surface area contributed by atoms with Crippen molar-refractivity contribution < 1.29 is 14.3 Å². The molecule has 5 nitrogen and oxygen atoms in total. The number of ether oxygens (including phenoxy) is 1. The Hall–Kier alpha value is -3.44. The zero-order valence-electron chi connectivity index (χ0n) is 16.0. The second-order valence-corrected chi connectivity index (χ2v) is 6.94. The molecule has 0 heterocycles. The highest BCUT2D eigenvalue weighted by Crippen LogP contribution is 2.22. The van der Waals surface area contributed by atoms with E-state index < -0.39 is 5.97 Å². The van der Waals surface area contributed by atoms with Gasteiger partial charge in [-0.25, -0.2) is 10.2 Å². The van der Waals surface area contributed by atoms with Crippen LogP contribution in [0, 0.1) is 13.8 Å². The first-order chi connectivity index (χ1) is 13.9. The van der Waals surface area contributed by atoms with Crippen molar-refractivity contribution >= 4 is 29.7 Å². The Kier molecular flexibility index (Phi) is 6.42. The van der Waals surface area contributed by atoms with Crippen molar-refractivity contribution in [3.05, 3.63) is 99.6 Å². The van der Waals surface area contributed by atoms with Gasteiger partial charge >= 0.3 is 5.97 Å². The zero-order valence-corrected chi connectivity index (χ0v) is 16.7. The lowest BCUT2D eigenvalue weighted by atomic mass is 10.1. The van der Waals surface area contributed by atoms with Crippen molar-refractivity contribution in [2.24, 2.45) is 5.10 Å². The Labute approximate surface area is 174 Å². The molecule has 0 bridgehead atoms. The number of aryl methyl sites for hydroxylation is 2. The number of rotatable bonds is 5. The van der Waals surface area contributed by atoms with Crippen LogP contribution >= 0.6 is 11.6 Å². The third-order valence-electron chi connectivity index (χ3n) is 4.15. The topological polar surface area (TPSA) is 67.8 Å². The average molecular weight is 407 g/mol. The van der Waals surface area contributed by atoms with Crippen molar-refractivity contribution in [1.82, 2.24) is 5.43 Å². The number of hydrazone groups is 1. The number of nitrogens with one attached hydrogen (secondary N) is 1. The maximum Gasteiger partial charge on any atom is 0.343 e. The number of benzene rings is 3. The number of carbonyl (C=O) groups excluding carboxylic acids is 2. The van der Waals surface area contributed by atoms with Crippen LogP contribution in [0.4, 0.5) is 0 Å². The molecular formula is C23H19ClN2O3. The van der Waals surface area contributed by atoms with Gasteiger partial charge in [-0.2, -0.15) is 5.10 Å². The number of halogens is 1. The Morgan fingerprint density at radius 3 is 2.10 bits per heavy atom. The second-order valence-electron chi connectivity index (χ2n) is 6.50. The summed E-state index contributed by atoms with van der Waals surface area (Å²) < 4.78 is 5.48. The largest absolute Gasteiger partial charge is 0.422 e. The number of nitrogens with zero attached hydrogens (tertiary/aromatic N) is 1. The zero-order chi connectivity index (χ0) is 20.8. The molecule has 3 aromatic carbocycles. The number of esters is 1. The third-order valence-corrected chi connectivity index (χ3v) is 4.38. The van der Waals surface area contributed by atoms with Gasteiger partial charge in [-0.3, -0.25) is 4.79 Å². The van der Waals surface area contributed by atoms with E-state index in [1.165, 1.54) is 6.21 Å². The number of hydrogen-bond donors (Lipinski definition) is 1. The first-order valence-corrected chi connectivity index (χ1v) is 9.28. The van der Waals surface area contributed by atoms with Gasteiger partial charge in [-0.1, -0.05) is 47.0 Å². The summed E-state index contributed by atoms with van der Waals surface area (Å²) in [5.41, 5.74) is 5.94. The van der Waals surface area contributed by atoms with Crippen LogP contribution in [-0.2, 0) is 0 Å². The van der Waals surface area contributed by atoms with E-state index in [2.05, 4.69) is 10.5 Å². The van der Waals surface area contributed by atoms with Gasteiger partial charge in [0.25, 0.3) is 5.91 Å². The number of amides is 1. The van der Waals surface area contributed by atoms with Crippen molar-refractivity contribution in [3.63, 3.8) is 0 Å². The molecule has 0 saturated carbocycles. The Morgan fingerprint density at radius 1 is 0.897 bits per heavy atom. The molecule has 29 heavy (non-hydrogen) atoms. The SMILES string of the molecule is Cc1ccc(C(=O)N/N=C/c2cc(Cl)ccc2OC(=O)c2ccc(C)cc2)cc1. The Bertz CT molecular complexity index is 1060. The molecule has 146 valence electrons. The second kappa shape index (κ2) is 9.17. The minimum Gasteiger partial charge on any atom is -0.422 e. The molecule has 0 aliphatic heterocycles. The van der Waals surface area contributed by atoms with E-state index in [1.54, 1.807) is 42.5 Å². The van der Waals surface area contributed by atoms with Crippen molar-refractivity contribution in [2.75, 3.05) is 0 Å². The summed E-state index contributed by atoms with van der Waals surface area (Å²) in [6.07, 6.45) is 1.38. The van der Waals surface area contributed by atoms with E-state index in [0.29, 0.717) is 21.7 Å². The van der Waals surface area contributed by atoms with E-state index in [1.807, 2.05) is 38.1 Å². The molecule has 0 aliphatic rings. The van der Waals surface area contributed by atoms with E-state index >= 15 is 0 Å². The van der Waals surface area contributed by atoms with Crippen LogP contribution in [0.3, 0.4) is 0 Å². The van der Waals surface area contributed by atoms with Gasteiger partial charge in [-0.05, 0) is 56.3 Å². The first kappa shape index (κ1) is 20.3. The minimum atomic E-state index is -0.495. The normalized spacial score (nSPS) is 10.7. The molecule has 3 rings (SSSR count). The standard InChI is InChI=1S/C23H19ClN2O3/c1-15-3-7-17(8-4-15)22(27)26-25-14-19-13-20(24)11-12-21(19)29-23(28)18-9-5-16(2)6-10-18/h3-14H,1-2H3,(H,26,27)/b25-14+. The van der Waals surface area contributed by atoms with Gasteiger partial charge in [0, 0.05) is 16.1 Å². The fourth-order valence-electron chi connectivity index (χ4n) is 2.49. The highest BCUT2D eigenvalue weighted by atomic mass is 35.5. The molecular weight excluding hydrogens is 388 g/mol. The first-order valence-electron chi connectivity index (χ1n) is 8.91. The lowest BCUT2D eigenvalue weighted by molar-refractivity contribution is 0.0734. The van der Waals surface area contributed by atoms with E-state index in [-0.39, 0.29) is 11.7 Å². The summed E-state index contributed by atoms with van der Waals surface area (Å²) in [6.45, 7) is 3.88. The molecule has 0 saturated heterocycles. The highest BCUT2D eigenvalue weighted by Gasteiger charge is 2.12. The summed E-state index contributed by atoms with van der Waals surface area (Å²) in [5, 5.41) is 4.41. The van der Waals surface area contributed by atoms with Gasteiger partial charge in [-0.15, -0.1) is 0 Å². The summed E-state index contributed by atoms with van der Waals surface area (Å²) in [5.74, 6) is -0.555. The predicted molar refractivity (Wildman–Crippen MR) is 114 cm³/mol. The molecule has 0 fully saturated rings. The van der Waals surface area contributed by atoms with E-state index in [4.69, 9.17) is 16.3 Å². The minimum absolute atomic E-state index is 0.285. The summed E-state index contributed by atoms with van der Waals surface area (Å²) in [4.78, 5) is 24.5. The molecule has 0 aromatic heterocycles. The highest BCUT2D eigenvalue weighted by molar-refractivity contribution is 6.31. The summed E-state index contributed by atoms with van der Waals surface area (Å²) >= 11 is 6.05. The van der Waals surface area contributed by atoms with E-state index in [0.717, 1.165) is 11.1 Å². The Morgan fingerprint density at radius 2 is 1.48 bits per heavy atom. The van der Waals surface area contributed by atoms with Crippen molar-refractivity contribution in [3.8, 4) is 5.75 Å². The van der Waals surface area contributed by atoms with E-state index in [9.17, 15) is 9.59 Å². The molecule has 0 spiro atoms. The fraction of sp³-hybridized carbons (Fsp3) is 0.0870. The number of hydrogen-bond acceptors (Lipinski definition) is 4. The molecule has 0 aliphatic carbocycles. The number of carbonyl (C=O) groups is 2. The van der Waals surface area contributed by atoms with Crippen LogP contribution in [0.25, 0.3) is 0 Å².